The van der Waals surface area contributed by atoms with Crippen molar-refractivity contribution in [2.75, 3.05) is 5.32 Å². The summed E-state index contributed by atoms with van der Waals surface area (Å²) in [7, 11) is 0. The standard InChI is InChI=1S/C13H11BrF2N2/c1-8-4-10(14)7-18-13(8)17-6-9-5-11(15)2-3-12(9)16/h2-5,7H,6H2,1H3,(H,17,18). The number of nitrogens with zero attached hydrogens (tertiary/aromatic N) is 1. The summed E-state index contributed by atoms with van der Waals surface area (Å²) in [5.41, 5.74) is 1.21. The highest BCUT2D eigenvalue weighted by molar-refractivity contribution is 9.10. The zero-order chi connectivity index (χ0) is 13.1. The average Bonchev–Trinajstić information content (AvgIpc) is 2.32. The molecular formula is C13H11BrF2N2. The molecule has 0 aliphatic carbocycles. The molecule has 2 aromatic rings. The fourth-order valence-electron chi connectivity index (χ4n) is 1.58. The molecule has 0 aliphatic rings. The van der Waals surface area contributed by atoms with E-state index in [1.54, 1.807) is 6.20 Å². The maximum Gasteiger partial charge on any atom is 0.129 e. The van der Waals surface area contributed by atoms with Crippen LogP contribution in [0.5, 0.6) is 0 Å². The number of anilines is 1. The van der Waals surface area contributed by atoms with E-state index in [9.17, 15) is 8.78 Å². The number of nitrogens with one attached hydrogen (secondary N) is 1. The largest absolute Gasteiger partial charge is 0.366 e. The van der Waals surface area contributed by atoms with Gasteiger partial charge in [0, 0.05) is 22.8 Å². The molecule has 5 heteroatoms. The first-order valence-electron chi connectivity index (χ1n) is 5.36. The Morgan fingerprint density at radius 2 is 2.06 bits per heavy atom. The van der Waals surface area contributed by atoms with Crippen molar-refractivity contribution >= 4 is 21.7 Å². The first-order valence-corrected chi connectivity index (χ1v) is 6.15. The van der Waals surface area contributed by atoms with Gasteiger partial charge in [-0.2, -0.15) is 0 Å². The van der Waals surface area contributed by atoms with Crippen molar-refractivity contribution in [1.29, 1.82) is 0 Å². The summed E-state index contributed by atoms with van der Waals surface area (Å²) in [5, 5.41) is 2.99. The fraction of sp³-hybridized carbons (Fsp3) is 0.154. The van der Waals surface area contributed by atoms with Crippen LogP contribution in [0.3, 0.4) is 0 Å². The predicted octanol–water partition coefficient (Wildman–Crippen LogP) is 4.04. The Kier molecular flexibility index (Phi) is 3.91. The molecule has 2 rings (SSSR count). The van der Waals surface area contributed by atoms with Crippen LogP contribution in [-0.4, -0.2) is 4.98 Å². The first kappa shape index (κ1) is 13.0. The summed E-state index contributed by atoms with van der Waals surface area (Å²) in [6.45, 7) is 2.08. The normalized spacial score (nSPS) is 10.4. The van der Waals surface area contributed by atoms with E-state index in [1.165, 1.54) is 6.07 Å². The zero-order valence-electron chi connectivity index (χ0n) is 9.67. The van der Waals surface area contributed by atoms with Crippen molar-refractivity contribution in [3.8, 4) is 0 Å². The molecule has 94 valence electrons. The summed E-state index contributed by atoms with van der Waals surface area (Å²) < 4.78 is 27.3. The molecule has 0 amide bonds. The average molecular weight is 313 g/mol. The minimum Gasteiger partial charge on any atom is -0.366 e. The monoisotopic (exact) mass is 312 g/mol. The van der Waals surface area contributed by atoms with Crippen LogP contribution in [0.25, 0.3) is 0 Å². The molecule has 1 heterocycles. The van der Waals surface area contributed by atoms with E-state index in [0.717, 1.165) is 22.2 Å². The van der Waals surface area contributed by atoms with E-state index >= 15 is 0 Å². The Morgan fingerprint density at radius 3 is 2.78 bits per heavy atom. The topological polar surface area (TPSA) is 24.9 Å². The summed E-state index contributed by atoms with van der Waals surface area (Å²) in [6.07, 6.45) is 1.65. The molecule has 0 atom stereocenters. The second kappa shape index (κ2) is 5.44. The molecule has 1 N–H and O–H groups in total. The zero-order valence-corrected chi connectivity index (χ0v) is 11.3. The first-order chi connectivity index (χ1) is 8.56. The lowest BCUT2D eigenvalue weighted by molar-refractivity contribution is 0.587. The van der Waals surface area contributed by atoms with E-state index in [4.69, 9.17) is 0 Å². The molecule has 1 aromatic heterocycles. The van der Waals surface area contributed by atoms with Crippen molar-refractivity contribution in [3.05, 3.63) is 57.7 Å². The van der Waals surface area contributed by atoms with Crippen LogP contribution in [-0.2, 0) is 6.54 Å². The number of hydrogen-bond donors (Lipinski definition) is 1. The van der Waals surface area contributed by atoms with Gasteiger partial charge in [0.2, 0.25) is 0 Å². The number of aromatic nitrogens is 1. The Hall–Kier alpha value is -1.49. The second-order valence-corrected chi connectivity index (χ2v) is 4.82. The van der Waals surface area contributed by atoms with Crippen molar-refractivity contribution in [2.45, 2.75) is 13.5 Å². The third-order valence-electron chi connectivity index (χ3n) is 2.50. The van der Waals surface area contributed by atoms with Crippen LogP contribution >= 0.6 is 15.9 Å². The lowest BCUT2D eigenvalue weighted by atomic mass is 10.2. The molecule has 0 saturated carbocycles. The molecule has 0 fully saturated rings. The highest BCUT2D eigenvalue weighted by atomic mass is 79.9. The number of benzene rings is 1. The third-order valence-corrected chi connectivity index (χ3v) is 2.93. The van der Waals surface area contributed by atoms with Crippen LogP contribution in [0.4, 0.5) is 14.6 Å². The Morgan fingerprint density at radius 1 is 1.28 bits per heavy atom. The molecular weight excluding hydrogens is 302 g/mol. The summed E-state index contributed by atoms with van der Waals surface area (Å²) in [4.78, 5) is 4.17. The van der Waals surface area contributed by atoms with Gasteiger partial charge in [0.05, 0.1) is 0 Å². The Labute approximate surface area is 112 Å². The summed E-state index contributed by atoms with van der Waals surface area (Å²) in [6, 6.07) is 5.30. The molecule has 0 radical (unpaired) electrons. The van der Waals surface area contributed by atoms with Gasteiger partial charge in [-0.05, 0) is 52.7 Å². The van der Waals surface area contributed by atoms with Gasteiger partial charge in [-0.1, -0.05) is 0 Å². The molecule has 0 saturated heterocycles. The Bertz CT molecular complexity index is 573. The van der Waals surface area contributed by atoms with E-state index in [-0.39, 0.29) is 12.1 Å². The highest BCUT2D eigenvalue weighted by Gasteiger charge is 2.05. The van der Waals surface area contributed by atoms with E-state index in [2.05, 4.69) is 26.2 Å². The molecule has 0 unspecified atom stereocenters. The molecule has 0 aliphatic heterocycles. The molecule has 18 heavy (non-hydrogen) atoms. The van der Waals surface area contributed by atoms with E-state index in [0.29, 0.717) is 5.82 Å². The summed E-state index contributed by atoms with van der Waals surface area (Å²) >= 11 is 3.31. The van der Waals surface area contributed by atoms with Gasteiger partial charge in [0.1, 0.15) is 17.5 Å². The van der Waals surface area contributed by atoms with Gasteiger partial charge in [-0.25, -0.2) is 13.8 Å². The van der Waals surface area contributed by atoms with Crippen molar-refractivity contribution < 1.29 is 8.78 Å². The second-order valence-electron chi connectivity index (χ2n) is 3.91. The van der Waals surface area contributed by atoms with Crippen LogP contribution in [0.2, 0.25) is 0 Å². The molecule has 1 aromatic carbocycles. The van der Waals surface area contributed by atoms with Crippen molar-refractivity contribution in [2.24, 2.45) is 0 Å². The van der Waals surface area contributed by atoms with Gasteiger partial charge >= 0.3 is 0 Å². The van der Waals surface area contributed by atoms with Gasteiger partial charge in [0.25, 0.3) is 0 Å². The van der Waals surface area contributed by atoms with Gasteiger partial charge in [-0.15, -0.1) is 0 Å². The van der Waals surface area contributed by atoms with Gasteiger partial charge < -0.3 is 5.32 Å². The lowest BCUT2D eigenvalue weighted by Crippen LogP contribution is -2.05. The van der Waals surface area contributed by atoms with Crippen molar-refractivity contribution in [3.63, 3.8) is 0 Å². The Balaban J connectivity index is 2.13. The van der Waals surface area contributed by atoms with Crippen LogP contribution < -0.4 is 5.32 Å². The number of rotatable bonds is 3. The predicted molar refractivity (Wildman–Crippen MR) is 70.4 cm³/mol. The van der Waals surface area contributed by atoms with Crippen molar-refractivity contribution in [1.82, 2.24) is 4.98 Å². The third kappa shape index (κ3) is 3.04. The van der Waals surface area contributed by atoms with Crippen LogP contribution in [0, 0.1) is 18.6 Å². The quantitative estimate of drug-likeness (QED) is 0.925. The van der Waals surface area contributed by atoms with Gasteiger partial charge in [-0.3, -0.25) is 0 Å². The molecule has 0 bridgehead atoms. The smallest absolute Gasteiger partial charge is 0.129 e. The summed E-state index contributed by atoms with van der Waals surface area (Å²) in [5.74, 6) is -0.228. The highest BCUT2D eigenvalue weighted by Crippen LogP contribution is 2.18. The number of pyridine rings is 1. The minimum atomic E-state index is -0.450. The SMILES string of the molecule is Cc1cc(Br)cnc1NCc1cc(F)ccc1F. The number of hydrogen-bond acceptors (Lipinski definition) is 2. The van der Waals surface area contributed by atoms with Gasteiger partial charge in [0.15, 0.2) is 0 Å². The lowest BCUT2D eigenvalue weighted by Gasteiger charge is -2.09. The maximum absolute atomic E-state index is 13.4. The fourth-order valence-corrected chi connectivity index (χ4v) is 2.03. The van der Waals surface area contributed by atoms with Crippen LogP contribution in [0.15, 0.2) is 34.9 Å². The number of halogens is 3. The van der Waals surface area contributed by atoms with E-state index in [1.807, 2.05) is 13.0 Å². The van der Waals surface area contributed by atoms with E-state index < -0.39 is 11.6 Å². The van der Waals surface area contributed by atoms with Crippen LogP contribution in [0.1, 0.15) is 11.1 Å². The molecule has 0 spiro atoms. The number of aryl methyl sites for hydroxylation is 1. The minimum absolute atomic E-state index is 0.194. The molecule has 2 nitrogen and oxygen atoms in total. The maximum atomic E-state index is 13.4.